The molecule has 70 valence electrons. The van der Waals surface area contributed by atoms with E-state index in [0.717, 1.165) is 17.8 Å². The van der Waals surface area contributed by atoms with Gasteiger partial charge in [-0.2, -0.15) is 0 Å². The molecule has 0 saturated heterocycles. The Labute approximate surface area is 74.9 Å². The fraction of sp³-hybridized carbons (Fsp3) is 1.00. The van der Waals surface area contributed by atoms with E-state index in [-0.39, 0.29) is 0 Å². The third kappa shape index (κ3) is 1.27. The lowest BCUT2D eigenvalue weighted by Crippen LogP contribution is -2.42. The van der Waals surface area contributed by atoms with Crippen LogP contribution in [0.5, 0.6) is 0 Å². The lowest BCUT2D eigenvalue weighted by atomic mass is 9.82. The van der Waals surface area contributed by atoms with Crippen LogP contribution >= 0.6 is 0 Å². The summed E-state index contributed by atoms with van der Waals surface area (Å²) in [5, 5.41) is 0. The van der Waals surface area contributed by atoms with E-state index in [1.807, 2.05) is 0 Å². The van der Waals surface area contributed by atoms with Crippen LogP contribution in [0.2, 0.25) is 0 Å². The average molecular weight is 168 g/mol. The van der Waals surface area contributed by atoms with Gasteiger partial charge in [-0.1, -0.05) is 13.3 Å². The number of hydrazine groups is 1. The molecule has 2 rings (SSSR count). The summed E-state index contributed by atoms with van der Waals surface area (Å²) in [7, 11) is 0. The Hall–Kier alpha value is -0.0800. The first-order chi connectivity index (χ1) is 5.85. The Bertz CT molecular complexity index is 154. The molecule has 0 aliphatic heterocycles. The summed E-state index contributed by atoms with van der Waals surface area (Å²) in [4.78, 5) is 0. The van der Waals surface area contributed by atoms with Gasteiger partial charge < -0.3 is 0 Å². The topological polar surface area (TPSA) is 38.0 Å². The van der Waals surface area contributed by atoms with Crippen molar-refractivity contribution in [3.8, 4) is 0 Å². The molecule has 0 aromatic rings. The van der Waals surface area contributed by atoms with Gasteiger partial charge in [0.1, 0.15) is 0 Å². The van der Waals surface area contributed by atoms with Crippen LogP contribution < -0.4 is 11.3 Å². The maximum Gasteiger partial charge on any atom is 0.0238 e. The number of hydrogen-bond acceptors (Lipinski definition) is 2. The van der Waals surface area contributed by atoms with E-state index in [4.69, 9.17) is 5.84 Å². The zero-order valence-electron chi connectivity index (χ0n) is 7.92. The Morgan fingerprint density at radius 2 is 2.25 bits per heavy atom. The molecule has 0 heterocycles. The molecule has 0 radical (unpaired) electrons. The normalized spacial score (nSPS) is 42.0. The fourth-order valence-electron chi connectivity index (χ4n) is 3.33. The van der Waals surface area contributed by atoms with E-state index >= 15 is 0 Å². The molecule has 4 unspecified atom stereocenters. The van der Waals surface area contributed by atoms with Crippen molar-refractivity contribution in [2.75, 3.05) is 0 Å². The van der Waals surface area contributed by atoms with Gasteiger partial charge in [0, 0.05) is 6.04 Å². The maximum absolute atomic E-state index is 5.54. The molecule has 0 spiro atoms. The first-order valence-corrected chi connectivity index (χ1v) is 5.31. The SMILES string of the molecule is CCC(NN)C1CC2CCC1C2. The predicted molar refractivity (Wildman–Crippen MR) is 50.3 cm³/mol. The molecule has 0 amide bonds. The third-order valence-electron chi connectivity index (χ3n) is 3.96. The summed E-state index contributed by atoms with van der Waals surface area (Å²) in [6.07, 6.45) is 7.07. The van der Waals surface area contributed by atoms with Crippen LogP contribution in [-0.4, -0.2) is 6.04 Å². The van der Waals surface area contributed by atoms with Crippen molar-refractivity contribution in [1.29, 1.82) is 0 Å². The first kappa shape index (κ1) is 8.52. The lowest BCUT2D eigenvalue weighted by molar-refractivity contribution is 0.244. The molecule has 0 aromatic carbocycles. The highest BCUT2D eigenvalue weighted by molar-refractivity contribution is 4.94. The summed E-state index contributed by atoms with van der Waals surface area (Å²) >= 11 is 0. The van der Waals surface area contributed by atoms with Crippen LogP contribution in [0.25, 0.3) is 0 Å². The van der Waals surface area contributed by atoms with Crippen molar-refractivity contribution in [3.63, 3.8) is 0 Å². The van der Waals surface area contributed by atoms with Crippen LogP contribution in [0, 0.1) is 17.8 Å². The molecule has 2 fully saturated rings. The van der Waals surface area contributed by atoms with E-state index in [2.05, 4.69) is 12.3 Å². The highest BCUT2D eigenvalue weighted by Gasteiger charge is 2.42. The van der Waals surface area contributed by atoms with Gasteiger partial charge >= 0.3 is 0 Å². The zero-order chi connectivity index (χ0) is 8.55. The molecule has 4 atom stereocenters. The Morgan fingerprint density at radius 3 is 2.67 bits per heavy atom. The van der Waals surface area contributed by atoms with Gasteiger partial charge in [0.05, 0.1) is 0 Å². The highest BCUT2D eigenvalue weighted by Crippen LogP contribution is 2.49. The standard InChI is InChI=1S/C10H20N2/c1-2-10(12-11)9-6-7-3-4-8(9)5-7/h7-10,12H,2-6,11H2,1H3. The van der Waals surface area contributed by atoms with Crippen molar-refractivity contribution in [2.45, 2.75) is 45.1 Å². The minimum Gasteiger partial charge on any atom is -0.271 e. The van der Waals surface area contributed by atoms with Crippen LogP contribution in [-0.2, 0) is 0 Å². The number of nitrogens with two attached hydrogens (primary N) is 1. The molecule has 0 aromatic heterocycles. The number of rotatable bonds is 3. The van der Waals surface area contributed by atoms with E-state index in [0.29, 0.717) is 6.04 Å². The van der Waals surface area contributed by atoms with Gasteiger partial charge in [-0.15, -0.1) is 0 Å². The Balaban J connectivity index is 1.96. The molecular formula is C10H20N2. The minimum atomic E-state index is 0.584. The molecule has 2 nitrogen and oxygen atoms in total. The van der Waals surface area contributed by atoms with Crippen molar-refractivity contribution in [2.24, 2.45) is 23.6 Å². The molecule has 2 bridgehead atoms. The van der Waals surface area contributed by atoms with E-state index in [1.54, 1.807) is 0 Å². The van der Waals surface area contributed by atoms with Crippen molar-refractivity contribution < 1.29 is 0 Å². The Morgan fingerprint density at radius 1 is 1.42 bits per heavy atom. The van der Waals surface area contributed by atoms with Crippen LogP contribution in [0.1, 0.15) is 39.0 Å². The van der Waals surface area contributed by atoms with Gasteiger partial charge in [-0.3, -0.25) is 11.3 Å². The predicted octanol–water partition coefficient (Wildman–Crippen LogP) is 1.66. The van der Waals surface area contributed by atoms with Gasteiger partial charge in [0.2, 0.25) is 0 Å². The summed E-state index contributed by atoms with van der Waals surface area (Å²) < 4.78 is 0. The molecule has 2 heteroatoms. The Kier molecular flexibility index (Phi) is 2.37. The molecule has 2 saturated carbocycles. The smallest absolute Gasteiger partial charge is 0.0238 e. The third-order valence-corrected chi connectivity index (χ3v) is 3.96. The monoisotopic (exact) mass is 168 g/mol. The zero-order valence-corrected chi connectivity index (χ0v) is 7.92. The maximum atomic E-state index is 5.54. The first-order valence-electron chi connectivity index (χ1n) is 5.31. The molecule has 2 aliphatic carbocycles. The van der Waals surface area contributed by atoms with E-state index in [1.165, 1.54) is 32.1 Å². The van der Waals surface area contributed by atoms with Crippen LogP contribution in [0.3, 0.4) is 0 Å². The molecule has 3 N–H and O–H groups in total. The second-order valence-electron chi connectivity index (χ2n) is 4.52. The van der Waals surface area contributed by atoms with Crippen molar-refractivity contribution in [1.82, 2.24) is 5.43 Å². The summed E-state index contributed by atoms with van der Waals surface area (Å²) in [5.41, 5.74) is 2.98. The minimum absolute atomic E-state index is 0.584. The lowest BCUT2D eigenvalue weighted by Gasteiger charge is -2.29. The summed E-state index contributed by atoms with van der Waals surface area (Å²) in [6.45, 7) is 2.23. The number of nitrogens with one attached hydrogen (secondary N) is 1. The van der Waals surface area contributed by atoms with E-state index < -0.39 is 0 Å². The summed E-state index contributed by atoms with van der Waals surface area (Å²) in [5.74, 6) is 8.47. The van der Waals surface area contributed by atoms with Crippen molar-refractivity contribution >= 4 is 0 Å². The largest absolute Gasteiger partial charge is 0.271 e. The van der Waals surface area contributed by atoms with Crippen LogP contribution in [0.15, 0.2) is 0 Å². The van der Waals surface area contributed by atoms with Gasteiger partial charge in [0.25, 0.3) is 0 Å². The van der Waals surface area contributed by atoms with Crippen LogP contribution in [0.4, 0.5) is 0 Å². The summed E-state index contributed by atoms with van der Waals surface area (Å²) in [6, 6.07) is 0.584. The van der Waals surface area contributed by atoms with Crippen molar-refractivity contribution in [3.05, 3.63) is 0 Å². The van der Waals surface area contributed by atoms with E-state index in [9.17, 15) is 0 Å². The van der Waals surface area contributed by atoms with Gasteiger partial charge in [-0.05, 0) is 43.4 Å². The number of fused-ring (bicyclic) bond motifs is 2. The fourth-order valence-corrected chi connectivity index (χ4v) is 3.33. The molecule has 2 aliphatic rings. The average Bonchev–Trinajstić information content (AvgIpc) is 2.67. The second kappa shape index (κ2) is 3.35. The highest BCUT2D eigenvalue weighted by atomic mass is 15.2. The molecule has 12 heavy (non-hydrogen) atoms. The number of hydrogen-bond donors (Lipinski definition) is 2. The molecular weight excluding hydrogens is 148 g/mol. The second-order valence-corrected chi connectivity index (χ2v) is 4.52. The van der Waals surface area contributed by atoms with Gasteiger partial charge in [0.15, 0.2) is 0 Å². The quantitative estimate of drug-likeness (QED) is 0.497. The van der Waals surface area contributed by atoms with Gasteiger partial charge in [-0.25, -0.2) is 0 Å².